The van der Waals surface area contributed by atoms with Crippen molar-refractivity contribution < 1.29 is 29.0 Å². The summed E-state index contributed by atoms with van der Waals surface area (Å²) < 4.78 is 11.1. The summed E-state index contributed by atoms with van der Waals surface area (Å²) in [4.78, 5) is 41.5. The molecule has 0 unspecified atom stereocenters. The van der Waals surface area contributed by atoms with Crippen LogP contribution in [0.3, 0.4) is 0 Å². The van der Waals surface area contributed by atoms with Crippen molar-refractivity contribution in [3.8, 4) is 11.1 Å². The van der Waals surface area contributed by atoms with Crippen LogP contribution in [0.1, 0.15) is 12.5 Å². The van der Waals surface area contributed by atoms with Gasteiger partial charge in [-0.3, -0.25) is 19.5 Å². The number of amides is 1. The number of carboxylic acid groups (broad SMARTS) is 1. The van der Waals surface area contributed by atoms with E-state index in [0.29, 0.717) is 0 Å². The van der Waals surface area contributed by atoms with Crippen LogP contribution < -0.4 is 10.6 Å². The standard InChI is InChI=1S/C19H23N2O6P/c1-13(19(23)24)21-18(22)17(20-12-28(25,26)27)11-14-7-9-16(10-8-14)15-5-3-2-4-6-15/h2-10,13,17,20H,11-12H2,1H3,(H,21,22)(H,23,24)(H2,25,26,27)/t13-,17+/m0/s1. The fourth-order valence-electron chi connectivity index (χ4n) is 2.56. The highest BCUT2D eigenvalue weighted by Crippen LogP contribution is 2.32. The van der Waals surface area contributed by atoms with Crippen molar-refractivity contribution >= 4 is 19.5 Å². The molecule has 0 heterocycles. The molecular formula is C19H23N2O6P. The minimum atomic E-state index is -4.37. The fourth-order valence-corrected chi connectivity index (χ4v) is 3.02. The average molecular weight is 406 g/mol. The second-order valence-corrected chi connectivity index (χ2v) is 8.06. The zero-order valence-corrected chi connectivity index (χ0v) is 16.2. The lowest BCUT2D eigenvalue weighted by Crippen LogP contribution is -2.50. The van der Waals surface area contributed by atoms with E-state index in [1.807, 2.05) is 54.6 Å². The zero-order chi connectivity index (χ0) is 20.7. The van der Waals surface area contributed by atoms with Gasteiger partial charge >= 0.3 is 13.6 Å². The van der Waals surface area contributed by atoms with E-state index in [1.54, 1.807) is 0 Å². The number of carbonyl (C=O) groups is 2. The van der Waals surface area contributed by atoms with Gasteiger partial charge in [0.1, 0.15) is 6.04 Å². The molecule has 2 rings (SSSR count). The Labute approximate surface area is 162 Å². The molecule has 0 bridgehead atoms. The van der Waals surface area contributed by atoms with Crippen LogP contribution in [-0.4, -0.2) is 45.1 Å². The molecule has 0 aliphatic heterocycles. The van der Waals surface area contributed by atoms with Crippen molar-refractivity contribution in [2.75, 3.05) is 6.29 Å². The third-order valence-corrected chi connectivity index (χ3v) is 4.68. The molecule has 5 N–H and O–H groups in total. The van der Waals surface area contributed by atoms with Gasteiger partial charge in [0.2, 0.25) is 5.91 Å². The molecule has 0 radical (unpaired) electrons. The van der Waals surface area contributed by atoms with Crippen LogP contribution in [0.5, 0.6) is 0 Å². The topological polar surface area (TPSA) is 136 Å². The molecule has 2 atom stereocenters. The van der Waals surface area contributed by atoms with Crippen molar-refractivity contribution in [3.63, 3.8) is 0 Å². The smallest absolute Gasteiger partial charge is 0.339 e. The summed E-state index contributed by atoms with van der Waals surface area (Å²) in [5, 5.41) is 13.8. The third kappa shape index (κ3) is 6.90. The van der Waals surface area contributed by atoms with E-state index < -0.39 is 37.8 Å². The summed E-state index contributed by atoms with van der Waals surface area (Å²) in [5.74, 6) is -1.84. The number of hydrogen-bond acceptors (Lipinski definition) is 4. The lowest BCUT2D eigenvalue weighted by molar-refractivity contribution is -0.141. The first-order valence-electron chi connectivity index (χ1n) is 8.61. The Kier molecular flexibility index (Phi) is 7.48. The summed E-state index contributed by atoms with van der Waals surface area (Å²) >= 11 is 0. The first kappa shape index (κ1) is 21.8. The van der Waals surface area contributed by atoms with Gasteiger partial charge in [-0.1, -0.05) is 54.6 Å². The molecule has 28 heavy (non-hydrogen) atoms. The molecule has 9 heteroatoms. The maximum atomic E-state index is 12.4. The maximum Gasteiger partial charge on any atom is 0.339 e. The lowest BCUT2D eigenvalue weighted by Gasteiger charge is -2.20. The van der Waals surface area contributed by atoms with Crippen LogP contribution in [0, 0.1) is 0 Å². The van der Waals surface area contributed by atoms with Crippen LogP contribution in [0.4, 0.5) is 0 Å². The molecule has 2 aromatic rings. The number of hydrogen-bond donors (Lipinski definition) is 5. The third-order valence-electron chi connectivity index (χ3n) is 4.09. The van der Waals surface area contributed by atoms with Crippen molar-refractivity contribution in [3.05, 3.63) is 60.2 Å². The van der Waals surface area contributed by atoms with Gasteiger partial charge in [-0.25, -0.2) is 0 Å². The van der Waals surface area contributed by atoms with Crippen molar-refractivity contribution in [2.24, 2.45) is 0 Å². The van der Waals surface area contributed by atoms with E-state index in [4.69, 9.17) is 14.9 Å². The molecule has 0 aromatic heterocycles. The predicted molar refractivity (Wildman–Crippen MR) is 105 cm³/mol. The van der Waals surface area contributed by atoms with Gasteiger partial charge in [0.15, 0.2) is 0 Å². The molecule has 0 aliphatic carbocycles. The Bertz CT molecular complexity index is 850. The largest absolute Gasteiger partial charge is 0.480 e. The lowest BCUT2D eigenvalue weighted by atomic mass is 10.0. The molecule has 0 aliphatic rings. The first-order chi connectivity index (χ1) is 13.2. The van der Waals surface area contributed by atoms with Crippen LogP contribution in [0.2, 0.25) is 0 Å². The van der Waals surface area contributed by atoms with Crippen LogP contribution in [0.15, 0.2) is 54.6 Å². The minimum absolute atomic E-state index is 0.146. The molecule has 0 saturated heterocycles. The van der Waals surface area contributed by atoms with E-state index in [2.05, 4.69) is 10.6 Å². The summed E-state index contributed by atoms with van der Waals surface area (Å²) in [7, 11) is -4.37. The number of benzene rings is 2. The highest BCUT2D eigenvalue weighted by molar-refractivity contribution is 7.51. The van der Waals surface area contributed by atoms with Crippen molar-refractivity contribution in [2.45, 2.75) is 25.4 Å². The second-order valence-electron chi connectivity index (χ2n) is 6.42. The molecule has 1 amide bonds. The van der Waals surface area contributed by atoms with Gasteiger partial charge in [-0.15, -0.1) is 0 Å². The Morgan fingerprint density at radius 3 is 2.11 bits per heavy atom. The van der Waals surface area contributed by atoms with Gasteiger partial charge in [-0.05, 0) is 30.0 Å². The van der Waals surface area contributed by atoms with Crippen LogP contribution in [-0.2, 0) is 20.6 Å². The van der Waals surface area contributed by atoms with E-state index in [0.717, 1.165) is 16.7 Å². The quantitative estimate of drug-likeness (QED) is 0.399. The molecule has 0 spiro atoms. The SMILES string of the molecule is C[C@H](NC(=O)[C@@H](Cc1ccc(-c2ccccc2)cc1)NCP(=O)(O)O)C(=O)O. The highest BCUT2D eigenvalue weighted by Gasteiger charge is 2.25. The highest BCUT2D eigenvalue weighted by atomic mass is 31.2. The monoisotopic (exact) mass is 406 g/mol. The minimum Gasteiger partial charge on any atom is -0.480 e. The Morgan fingerprint density at radius 1 is 1.00 bits per heavy atom. The Morgan fingerprint density at radius 2 is 1.57 bits per heavy atom. The van der Waals surface area contributed by atoms with Gasteiger partial charge in [0.05, 0.1) is 12.3 Å². The molecule has 2 aromatic carbocycles. The number of carbonyl (C=O) groups excluding carboxylic acids is 1. The number of rotatable bonds is 9. The normalized spacial score (nSPS) is 13.5. The summed E-state index contributed by atoms with van der Waals surface area (Å²) in [6, 6.07) is 15.0. The summed E-state index contributed by atoms with van der Waals surface area (Å²) in [5.41, 5.74) is 2.80. The second kappa shape index (κ2) is 9.61. The van der Waals surface area contributed by atoms with Gasteiger partial charge in [0, 0.05) is 0 Å². The number of carboxylic acids is 1. The van der Waals surface area contributed by atoms with E-state index >= 15 is 0 Å². The van der Waals surface area contributed by atoms with Crippen molar-refractivity contribution in [1.29, 1.82) is 0 Å². The average Bonchev–Trinajstić information content (AvgIpc) is 2.65. The zero-order valence-electron chi connectivity index (χ0n) is 15.3. The van der Waals surface area contributed by atoms with E-state index in [9.17, 15) is 14.2 Å². The predicted octanol–water partition coefficient (Wildman–Crippen LogP) is 1.58. The Balaban J connectivity index is 2.13. The molecule has 150 valence electrons. The van der Waals surface area contributed by atoms with E-state index in [1.165, 1.54) is 6.92 Å². The number of aliphatic carboxylic acids is 1. The summed E-state index contributed by atoms with van der Waals surface area (Å²) in [6.07, 6.45) is -0.540. The van der Waals surface area contributed by atoms with Crippen LogP contribution >= 0.6 is 7.60 Å². The maximum absolute atomic E-state index is 12.4. The van der Waals surface area contributed by atoms with Gasteiger partial charge in [-0.2, -0.15) is 0 Å². The molecule has 0 saturated carbocycles. The molecular weight excluding hydrogens is 383 g/mol. The van der Waals surface area contributed by atoms with Gasteiger partial charge < -0.3 is 20.2 Å². The van der Waals surface area contributed by atoms with E-state index in [-0.39, 0.29) is 6.42 Å². The molecule has 0 fully saturated rings. The van der Waals surface area contributed by atoms with Crippen LogP contribution in [0.25, 0.3) is 11.1 Å². The number of nitrogens with one attached hydrogen (secondary N) is 2. The van der Waals surface area contributed by atoms with Crippen molar-refractivity contribution in [1.82, 2.24) is 10.6 Å². The molecule has 8 nitrogen and oxygen atoms in total. The first-order valence-corrected chi connectivity index (χ1v) is 10.4. The fraction of sp³-hybridized carbons (Fsp3) is 0.263. The Hall–Kier alpha value is -2.51. The summed E-state index contributed by atoms with van der Waals surface area (Å²) in [6.45, 7) is 1.31. The van der Waals surface area contributed by atoms with Gasteiger partial charge in [0.25, 0.3) is 0 Å².